The molecule has 0 bridgehead atoms. The minimum atomic E-state index is -0.583. The Hall–Kier alpha value is -2.88. The summed E-state index contributed by atoms with van der Waals surface area (Å²) in [5.74, 6) is -0.245. The Morgan fingerprint density at radius 2 is 1.61 bits per heavy atom. The van der Waals surface area contributed by atoms with E-state index in [1.165, 1.54) is 0 Å². The van der Waals surface area contributed by atoms with Crippen molar-refractivity contribution in [1.29, 1.82) is 5.26 Å². The van der Waals surface area contributed by atoms with Gasteiger partial charge in [0.25, 0.3) is 5.91 Å². The van der Waals surface area contributed by atoms with E-state index in [2.05, 4.69) is 19.9 Å². The van der Waals surface area contributed by atoms with E-state index >= 15 is 0 Å². The van der Waals surface area contributed by atoms with Gasteiger partial charge in [-0.25, -0.2) is 19.9 Å². The van der Waals surface area contributed by atoms with Crippen molar-refractivity contribution in [3.63, 3.8) is 0 Å². The number of nitrogens with two attached hydrogens (primary N) is 1. The number of hydrogen-bond acceptors (Lipinski definition) is 6. The van der Waals surface area contributed by atoms with E-state index in [9.17, 15) is 4.79 Å². The fourth-order valence-electron chi connectivity index (χ4n) is 1.85. The lowest BCUT2D eigenvalue weighted by Crippen LogP contribution is -2.16. The van der Waals surface area contributed by atoms with E-state index in [1.807, 2.05) is 33.8 Å². The lowest BCUT2D eigenvalue weighted by molar-refractivity contribution is 0.0990. The second kappa shape index (κ2) is 8.54. The Bertz CT molecular complexity index is 736. The number of primary amides is 1. The molecule has 0 atom stereocenters. The van der Waals surface area contributed by atoms with Gasteiger partial charge in [0.2, 0.25) is 11.6 Å². The highest BCUT2D eigenvalue weighted by Gasteiger charge is 2.05. The Morgan fingerprint density at radius 1 is 1.09 bits per heavy atom. The van der Waals surface area contributed by atoms with E-state index in [0.29, 0.717) is 0 Å². The topological polar surface area (TPSA) is 118 Å². The van der Waals surface area contributed by atoms with Crippen LogP contribution in [0.15, 0.2) is 12.4 Å². The number of aromatic nitrogens is 4. The normalized spacial score (nSPS) is 9.52. The van der Waals surface area contributed by atoms with Gasteiger partial charge in [-0.05, 0) is 37.8 Å². The van der Waals surface area contributed by atoms with Gasteiger partial charge >= 0.3 is 0 Å². The molecule has 0 aliphatic heterocycles. The molecular formula is C16H20N6O. The molecule has 0 saturated carbocycles. The van der Waals surface area contributed by atoms with Crippen LogP contribution in [0.1, 0.15) is 52.8 Å². The van der Waals surface area contributed by atoms with Gasteiger partial charge < -0.3 is 5.73 Å². The van der Waals surface area contributed by atoms with Crippen LogP contribution in [0.2, 0.25) is 0 Å². The predicted octanol–water partition coefficient (Wildman–Crippen LogP) is 1.67. The molecule has 2 N–H and O–H groups in total. The van der Waals surface area contributed by atoms with Crippen molar-refractivity contribution >= 4 is 5.91 Å². The lowest BCUT2D eigenvalue weighted by atomic mass is 10.2. The van der Waals surface area contributed by atoms with E-state index in [0.717, 1.165) is 35.4 Å². The van der Waals surface area contributed by atoms with Crippen LogP contribution in [0.3, 0.4) is 0 Å². The van der Waals surface area contributed by atoms with E-state index < -0.39 is 5.91 Å². The highest BCUT2D eigenvalue weighted by Crippen LogP contribution is 2.04. The van der Waals surface area contributed by atoms with Crippen molar-refractivity contribution in [2.24, 2.45) is 5.73 Å². The number of hydrogen-bond donors (Lipinski definition) is 1. The zero-order chi connectivity index (χ0) is 17.4. The molecule has 0 saturated heterocycles. The number of nitrogens with zero attached hydrogens (tertiary/aromatic N) is 5. The summed E-state index contributed by atoms with van der Waals surface area (Å²) >= 11 is 0. The first kappa shape index (κ1) is 18.2. The molecule has 2 aromatic rings. The van der Waals surface area contributed by atoms with Crippen LogP contribution in [-0.2, 0) is 12.8 Å². The number of carbonyl (C=O) groups excluding carboxylic acids is 1. The highest BCUT2D eigenvalue weighted by molar-refractivity contribution is 5.88. The van der Waals surface area contributed by atoms with Gasteiger partial charge in [-0.15, -0.1) is 0 Å². The second-order valence-corrected chi connectivity index (χ2v) is 4.79. The molecule has 1 amide bonds. The summed E-state index contributed by atoms with van der Waals surface area (Å²) in [6.45, 7) is 7.78. The van der Waals surface area contributed by atoms with Crippen LogP contribution in [0, 0.1) is 25.2 Å². The van der Waals surface area contributed by atoms with Crippen molar-refractivity contribution in [3.8, 4) is 6.07 Å². The fraction of sp³-hybridized carbons (Fsp3) is 0.375. The monoisotopic (exact) mass is 312 g/mol. The summed E-state index contributed by atoms with van der Waals surface area (Å²) in [5, 5.41) is 8.45. The van der Waals surface area contributed by atoms with Crippen molar-refractivity contribution in [2.45, 2.75) is 40.5 Å². The molecule has 7 heteroatoms. The standard InChI is InChI=1S/C8H11N3O.C8H9N3/c1-3-6-4-10-8(7(9)12)11-5(6)2;1-3-7-5-10-8(4-9)11-6(7)2/h4H,3H2,1-2H3,(H2,9,12);5H,3H2,1-2H3. The van der Waals surface area contributed by atoms with Crippen molar-refractivity contribution in [2.75, 3.05) is 0 Å². The molecule has 0 unspecified atom stereocenters. The second-order valence-electron chi connectivity index (χ2n) is 4.79. The lowest BCUT2D eigenvalue weighted by Gasteiger charge is -2.01. The average Bonchev–Trinajstić information content (AvgIpc) is 2.55. The molecule has 0 radical (unpaired) electrons. The third-order valence-electron chi connectivity index (χ3n) is 3.24. The molecule has 2 rings (SSSR count). The zero-order valence-electron chi connectivity index (χ0n) is 13.8. The van der Waals surface area contributed by atoms with Gasteiger partial charge in [0, 0.05) is 23.8 Å². The number of carbonyl (C=O) groups is 1. The average molecular weight is 312 g/mol. The van der Waals surface area contributed by atoms with Gasteiger partial charge in [-0.2, -0.15) is 5.26 Å². The summed E-state index contributed by atoms with van der Waals surface area (Å²) in [6, 6.07) is 1.90. The largest absolute Gasteiger partial charge is 0.363 e. The minimum absolute atomic E-state index is 0.0877. The van der Waals surface area contributed by atoms with Crippen LogP contribution >= 0.6 is 0 Å². The predicted molar refractivity (Wildman–Crippen MR) is 85.5 cm³/mol. The quantitative estimate of drug-likeness (QED) is 0.920. The van der Waals surface area contributed by atoms with Crippen LogP contribution in [0.5, 0.6) is 0 Å². The molecule has 120 valence electrons. The summed E-state index contributed by atoms with van der Waals surface area (Å²) < 4.78 is 0. The van der Waals surface area contributed by atoms with E-state index in [1.54, 1.807) is 12.4 Å². The van der Waals surface area contributed by atoms with E-state index in [-0.39, 0.29) is 11.6 Å². The van der Waals surface area contributed by atoms with Gasteiger partial charge in [0.1, 0.15) is 6.07 Å². The summed E-state index contributed by atoms with van der Waals surface area (Å²) in [4.78, 5) is 26.3. The van der Waals surface area contributed by atoms with Crippen molar-refractivity contribution < 1.29 is 4.79 Å². The Kier molecular flexibility index (Phi) is 6.74. The molecule has 7 nitrogen and oxygen atoms in total. The van der Waals surface area contributed by atoms with Crippen molar-refractivity contribution in [1.82, 2.24) is 19.9 Å². The van der Waals surface area contributed by atoms with Crippen LogP contribution in [0.4, 0.5) is 0 Å². The first-order chi connectivity index (χ1) is 10.9. The third kappa shape index (κ3) is 5.11. The van der Waals surface area contributed by atoms with Crippen LogP contribution in [-0.4, -0.2) is 25.8 Å². The Labute approximate surface area is 135 Å². The Morgan fingerprint density at radius 3 is 2.00 bits per heavy atom. The maximum atomic E-state index is 10.6. The fourth-order valence-corrected chi connectivity index (χ4v) is 1.85. The highest BCUT2D eigenvalue weighted by atomic mass is 16.1. The molecule has 0 aliphatic rings. The number of amides is 1. The number of nitriles is 1. The molecule has 23 heavy (non-hydrogen) atoms. The number of aryl methyl sites for hydroxylation is 4. The first-order valence-electron chi connectivity index (χ1n) is 7.27. The van der Waals surface area contributed by atoms with Crippen LogP contribution < -0.4 is 5.73 Å². The molecule has 0 aromatic carbocycles. The smallest absolute Gasteiger partial charge is 0.286 e. The summed E-state index contributed by atoms with van der Waals surface area (Å²) in [7, 11) is 0. The summed E-state index contributed by atoms with van der Waals surface area (Å²) in [5.41, 5.74) is 8.88. The van der Waals surface area contributed by atoms with Crippen LogP contribution in [0.25, 0.3) is 0 Å². The zero-order valence-corrected chi connectivity index (χ0v) is 13.8. The Balaban J connectivity index is 0.000000231. The molecule has 2 heterocycles. The molecule has 0 aliphatic carbocycles. The molecule has 0 spiro atoms. The van der Waals surface area contributed by atoms with E-state index in [4.69, 9.17) is 11.0 Å². The minimum Gasteiger partial charge on any atom is -0.363 e. The molecule has 0 fully saturated rings. The van der Waals surface area contributed by atoms with Gasteiger partial charge in [-0.1, -0.05) is 13.8 Å². The SMILES string of the molecule is CCc1cnc(C#N)nc1C.CCc1cnc(C(N)=O)nc1C. The first-order valence-corrected chi connectivity index (χ1v) is 7.27. The number of rotatable bonds is 3. The molecule has 2 aromatic heterocycles. The maximum absolute atomic E-state index is 10.6. The third-order valence-corrected chi connectivity index (χ3v) is 3.24. The van der Waals surface area contributed by atoms with Gasteiger partial charge in [0.15, 0.2) is 0 Å². The van der Waals surface area contributed by atoms with Gasteiger partial charge in [0.05, 0.1) is 0 Å². The summed E-state index contributed by atoms with van der Waals surface area (Å²) in [6.07, 6.45) is 5.13. The molecular weight excluding hydrogens is 292 g/mol. The maximum Gasteiger partial charge on any atom is 0.286 e. The van der Waals surface area contributed by atoms with Gasteiger partial charge in [-0.3, -0.25) is 4.79 Å². The van der Waals surface area contributed by atoms with Crippen molar-refractivity contribution in [3.05, 3.63) is 46.6 Å².